The molecule has 0 saturated heterocycles. The van der Waals surface area contributed by atoms with Crippen LogP contribution in [0.2, 0.25) is 0 Å². The summed E-state index contributed by atoms with van der Waals surface area (Å²) < 4.78 is 14.1. The second kappa shape index (κ2) is 6.56. The number of urea groups is 1. The normalized spacial score (nSPS) is 10.1. The standard InChI is InChI=1S/C11H14BrFN2O2/c1-15(4-5-16)11(17)14-7-8-6-9(12)2-3-10(8)13/h2-3,6,16H,4-5,7H2,1H3,(H,14,17). The summed E-state index contributed by atoms with van der Waals surface area (Å²) in [6.45, 7) is 0.252. The molecule has 0 spiro atoms. The molecule has 0 aromatic heterocycles. The average molecular weight is 305 g/mol. The summed E-state index contributed by atoms with van der Waals surface area (Å²) in [6, 6.07) is 4.20. The van der Waals surface area contributed by atoms with Gasteiger partial charge in [0.15, 0.2) is 0 Å². The topological polar surface area (TPSA) is 52.6 Å². The maximum Gasteiger partial charge on any atom is 0.317 e. The Balaban J connectivity index is 2.55. The van der Waals surface area contributed by atoms with Crippen LogP contribution in [0.1, 0.15) is 5.56 Å². The van der Waals surface area contributed by atoms with Gasteiger partial charge in [-0.05, 0) is 18.2 Å². The van der Waals surface area contributed by atoms with E-state index in [4.69, 9.17) is 5.11 Å². The lowest BCUT2D eigenvalue weighted by Gasteiger charge is -2.16. The molecule has 0 aliphatic carbocycles. The molecule has 2 amide bonds. The van der Waals surface area contributed by atoms with Gasteiger partial charge in [-0.3, -0.25) is 0 Å². The van der Waals surface area contributed by atoms with Gasteiger partial charge < -0.3 is 15.3 Å². The Bertz CT molecular complexity index is 401. The van der Waals surface area contributed by atoms with Gasteiger partial charge in [0.25, 0.3) is 0 Å². The first-order chi connectivity index (χ1) is 8.04. The van der Waals surface area contributed by atoms with Crippen molar-refractivity contribution in [3.8, 4) is 0 Å². The van der Waals surface area contributed by atoms with Crippen LogP contribution in [0.25, 0.3) is 0 Å². The predicted molar refractivity (Wildman–Crippen MR) is 66.1 cm³/mol. The molecule has 0 unspecified atom stereocenters. The Morgan fingerprint density at radius 3 is 2.94 bits per heavy atom. The van der Waals surface area contributed by atoms with E-state index in [0.717, 1.165) is 4.47 Å². The Hall–Kier alpha value is -1.14. The van der Waals surface area contributed by atoms with Crippen LogP contribution in [-0.2, 0) is 6.54 Å². The van der Waals surface area contributed by atoms with Crippen LogP contribution in [0.15, 0.2) is 22.7 Å². The third-order valence-corrected chi connectivity index (χ3v) is 2.71. The minimum absolute atomic E-state index is 0.102. The van der Waals surface area contributed by atoms with Crippen LogP contribution in [0, 0.1) is 5.82 Å². The minimum Gasteiger partial charge on any atom is -0.395 e. The summed E-state index contributed by atoms with van der Waals surface area (Å²) in [5.74, 6) is -0.363. The lowest BCUT2D eigenvalue weighted by Crippen LogP contribution is -2.38. The largest absolute Gasteiger partial charge is 0.395 e. The third-order valence-electron chi connectivity index (χ3n) is 2.22. The van der Waals surface area contributed by atoms with Gasteiger partial charge in [-0.1, -0.05) is 15.9 Å². The molecule has 0 saturated carbocycles. The molecule has 6 heteroatoms. The number of rotatable bonds is 4. The molecule has 94 valence electrons. The number of aliphatic hydroxyl groups excluding tert-OH is 1. The zero-order valence-electron chi connectivity index (χ0n) is 9.41. The van der Waals surface area contributed by atoms with Gasteiger partial charge in [-0.2, -0.15) is 0 Å². The molecule has 0 heterocycles. The molecule has 2 N–H and O–H groups in total. The van der Waals surface area contributed by atoms with Crippen molar-refractivity contribution in [1.29, 1.82) is 0 Å². The Labute approximate surface area is 108 Å². The first-order valence-electron chi connectivity index (χ1n) is 5.08. The lowest BCUT2D eigenvalue weighted by atomic mass is 10.2. The van der Waals surface area contributed by atoms with E-state index in [2.05, 4.69) is 21.2 Å². The number of hydrogen-bond donors (Lipinski definition) is 2. The van der Waals surface area contributed by atoms with Crippen LogP contribution in [-0.4, -0.2) is 36.2 Å². The fraction of sp³-hybridized carbons (Fsp3) is 0.364. The van der Waals surface area contributed by atoms with Gasteiger partial charge in [0, 0.05) is 30.2 Å². The highest BCUT2D eigenvalue weighted by Gasteiger charge is 2.09. The molecule has 0 aliphatic heterocycles. The first-order valence-corrected chi connectivity index (χ1v) is 5.87. The highest BCUT2D eigenvalue weighted by molar-refractivity contribution is 9.10. The van der Waals surface area contributed by atoms with Crippen molar-refractivity contribution in [2.75, 3.05) is 20.2 Å². The van der Waals surface area contributed by atoms with E-state index >= 15 is 0 Å². The fourth-order valence-corrected chi connectivity index (χ4v) is 1.64. The van der Waals surface area contributed by atoms with E-state index in [1.165, 1.54) is 11.0 Å². The van der Waals surface area contributed by atoms with Gasteiger partial charge >= 0.3 is 6.03 Å². The Morgan fingerprint density at radius 1 is 1.59 bits per heavy atom. The average Bonchev–Trinajstić information content (AvgIpc) is 2.30. The van der Waals surface area contributed by atoms with E-state index in [-0.39, 0.29) is 31.5 Å². The number of amides is 2. The smallest absolute Gasteiger partial charge is 0.317 e. The number of nitrogens with zero attached hydrogens (tertiary/aromatic N) is 1. The molecular weight excluding hydrogens is 291 g/mol. The zero-order chi connectivity index (χ0) is 12.8. The molecule has 1 aromatic rings. The Morgan fingerprint density at radius 2 is 2.29 bits per heavy atom. The molecular formula is C11H14BrFN2O2. The predicted octanol–water partition coefficient (Wildman–Crippen LogP) is 1.72. The molecule has 1 aromatic carbocycles. The summed E-state index contributed by atoms with van der Waals surface area (Å²) in [5.41, 5.74) is 0.408. The number of halogens is 2. The summed E-state index contributed by atoms with van der Waals surface area (Å²) >= 11 is 3.23. The monoisotopic (exact) mass is 304 g/mol. The Kier molecular flexibility index (Phi) is 5.37. The van der Waals surface area contributed by atoms with Crippen molar-refractivity contribution in [3.63, 3.8) is 0 Å². The second-order valence-corrected chi connectivity index (χ2v) is 4.46. The van der Waals surface area contributed by atoms with Crippen molar-refractivity contribution < 1.29 is 14.3 Å². The van der Waals surface area contributed by atoms with E-state index in [1.54, 1.807) is 19.2 Å². The first kappa shape index (κ1) is 13.9. The zero-order valence-corrected chi connectivity index (χ0v) is 11.0. The summed E-state index contributed by atoms with van der Waals surface area (Å²) in [4.78, 5) is 12.8. The molecule has 4 nitrogen and oxygen atoms in total. The summed E-state index contributed by atoms with van der Waals surface area (Å²) in [7, 11) is 1.56. The van der Waals surface area contributed by atoms with Crippen molar-refractivity contribution in [1.82, 2.24) is 10.2 Å². The van der Waals surface area contributed by atoms with Gasteiger partial charge in [0.2, 0.25) is 0 Å². The van der Waals surface area contributed by atoms with Crippen LogP contribution in [0.3, 0.4) is 0 Å². The third kappa shape index (κ3) is 4.32. The molecule has 1 rings (SSSR count). The van der Waals surface area contributed by atoms with E-state index in [0.29, 0.717) is 5.56 Å². The number of nitrogens with one attached hydrogen (secondary N) is 1. The highest BCUT2D eigenvalue weighted by Crippen LogP contribution is 2.15. The van der Waals surface area contributed by atoms with E-state index in [9.17, 15) is 9.18 Å². The number of benzene rings is 1. The quantitative estimate of drug-likeness (QED) is 0.890. The van der Waals surface area contributed by atoms with Crippen LogP contribution in [0.4, 0.5) is 9.18 Å². The number of hydrogen-bond acceptors (Lipinski definition) is 2. The summed E-state index contributed by atoms with van der Waals surface area (Å²) in [6.07, 6.45) is 0. The number of likely N-dealkylation sites (N-methyl/N-ethyl adjacent to an activating group) is 1. The maximum absolute atomic E-state index is 13.3. The number of carbonyl (C=O) groups excluding carboxylic acids is 1. The minimum atomic E-state index is -0.363. The maximum atomic E-state index is 13.3. The fourth-order valence-electron chi connectivity index (χ4n) is 1.24. The van der Waals surface area contributed by atoms with Gasteiger partial charge in [-0.15, -0.1) is 0 Å². The van der Waals surface area contributed by atoms with Gasteiger partial charge in [0.05, 0.1) is 6.61 Å². The summed E-state index contributed by atoms with van der Waals surface area (Å²) in [5, 5.41) is 11.2. The highest BCUT2D eigenvalue weighted by atomic mass is 79.9. The molecule has 0 aliphatic rings. The van der Waals surface area contributed by atoms with E-state index in [1.807, 2.05) is 0 Å². The lowest BCUT2D eigenvalue weighted by molar-refractivity contribution is 0.190. The van der Waals surface area contributed by atoms with E-state index < -0.39 is 0 Å². The molecule has 0 bridgehead atoms. The molecule has 0 fully saturated rings. The SMILES string of the molecule is CN(CCO)C(=O)NCc1cc(Br)ccc1F. The van der Waals surface area contributed by atoms with Crippen LogP contribution >= 0.6 is 15.9 Å². The molecule has 17 heavy (non-hydrogen) atoms. The van der Waals surface area contributed by atoms with Crippen molar-refractivity contribution in [2.24, 2.45) is 0 Å². The van der Waals surface area contributed by atoms with Crippen LogP contribution in [0.5, 0.6) is 0 Å². The van der Waals surface area contributed by atoms with Crippen molar-refractivity contribution >= 4 is 22.0 Å². The van der Waals surface area contributed by atoms with Gasteiger partial charge in [-0.25, -0.2) is 9.18 Å². The van der Waals surface area contributed by atoms with Crippen molar-refractivity contribution in [3.05, 3.63) is 34.1 Å². The second-order valence-electron chi connectivity index (χ2n) is 3.54. The number of aliphatic hydroxyl groups is 1. The van der Waals surface area contributed by atoms with Crippen LogP contribution < -0.4 is 5.32 Å². The molecule has 0 atom stereocenters. The van der Waals surface area contributed by atoms with Crippen molar-refractivity contribution in [2.45, 2.75) is 6.54 Å². The van der Waals surface area contributed by atoms with Gasteiger partial charge in [0.1, 0.15) is 5.82 Å². The molecule has 0 radical (unpaired) electrons. The number of carbonyl (C=O) groups is 1.